The van der Waals surface area contributed by atoms with Crippen molar-refractivity contribution in [1.29, 1.82) is 0 Å². The van der Waals surface area contributed by atoms with Gasteiger partial charge in [0.15, 0.2) is 5.65 Å². The molecule has 0 bridgehead atoms. The van der Waals surface area contributed by atoms with E-state index in [1.807, 2.05) is 19.9 Å². The summed E-state index contributed by atoms with van der Waals surface area (Å²) < 4.78 is 1.65. The molecule has 2 rings (SSSR count). The maximum Gasteiger partial charge on any atom is 0.255 e. The quantitative estimate of drug-likeness (QED) is 0.859. The third-order valence-electron chi connectivity index (χ3n) is 2.94. The number of aliphatic hydroxyl groups excluding tert-OH is 1. The molecule has 0 atom stereocenters. The van der Waals surface area contributed by atoms with E-state index in [4.69, 9.17) is 0 Å². The number of nitrogens with one attached hydrogen (secondary N) is 1. The first-order valence-corrected chi connectivity index (χ1v) is 6.09. The van der Waals surface area contributed by atoms with E-state index in [-0.39, 0.29) is 12.5 Å². The number of rotatable bonds is 3. The zero-order chi connectivity index (χ0) is 14.2. The molecule has 0 saturated carbocycles. The molecule has 0 unspecified atom stereocenters. The molecule has 0 spiro atoms. The van der Waals surface area contributed by atoms with E-state index in [0.717, 1.165) is 11.4 Å². The molecule has 0 aliphatic heterocycles. The van der Waals surface area contributed by atoms with E-state index in [2.05, 4.69) is 15.4 Å². The van der Waals surface area contributed by atoms with Crippen molar-refractivity contribution < 1.29 is 9.90 Å². The van der Waals surface area contributed by atoms with Crippen molar-refractivity contribution in [2.45, 2.75) is 33.2 Å². The molecule has 6 heteroatoms. The fourth-order valence-corrected chi connectivity index (χ4v) is 1.80. The normalized spacial score (nSPS) is 11.8. The van der Waals surface area contributed by atoms with Crippen molar-refractivity contribution in [3.8, 4) is 0 Å². The van der Waals surface area contributed by atoms with Crippen LogP contribution in [0.4, 0.5) is 0 Å². The lowest BCUT2D eigenvalue weighted by Crippen LogP contribution is -2.46. The first kappa shape index (κ1) is 13.5. The Morgan fingerprint density at radius 1 is 1.47 bits per heavy atom. The summed E-state index contributed by atoms with van der Waals surface area (Å²) in [6.45, 7) is 7.08. The Bertz CT molecular complexity index is 631. The molecular formula is C13H18N4O2. The lowest BCUT2D eigenvalue weighted by molar-refractivity contribution is 0.0867. The van der Waals surface area contributed by atoms with Crippen molar-refractivity contribution in [2.24, 2.45) is 0 Å². The number of amides is 1. The largest absolute Gasteiger partial charge is 0.394 e. The summed E-state index contributed by atoms with van der Waals surface area (Å²) in [5.74, 6) is -0.265. The van der Waals surface area contributed by atoms with Gasteiger partial charge in [0, 0.05) is 12.3 Å². The zero-order valence-corrected chi connectivity index (χ0v) is 11.6. The summed E-state index contributed by atoms with van der Waals surface area (Å²) >= 11 is 0. The molecule has 102 valence electrons. The minimum atomic E-state index is -0.668. The van der Waals surface area contributed by atoms with Gasteiger partial charge in [-0.25, -0.2) is 9.50 Å². The van der Waals surface area contributed by atoms with Crippen LogP contribution in [-0.2, 0) is 0 Å². The van der Waals surface area contributed by atoms with E-state index in [9.17, 15) is 9.90 Å². The predicted molar refractivity (Wildman–Crippen MR) is 71.1 cm³/mol. The van der Waals surface area contributed by atoms with Gasteiger partial charge in [-0.15, -0.1) is 0 Å². The van der Waals surface area contributed by atoms with Gasteiger partial charge in [-0.05, 0) is 27.7 Å². The third kappa shape index (κ3) is 2.58. The highest BCUT2D eigenvalue weighted by atomic mass is 16.3. The fraction of sp³-hybridized carbons (Fsp3) is 0.462. The second kappa shape index (κ2) is 4.62. The highest BCUT2D eigenvalue weighted by Gasteiger charge is 2.22. The van der Waals surface area contributed by atoms with Gasteiger partial charge < -0.3 is 10.4 Å². The van der Waals surface area contributed by atoms with Gasteiger partial charge in [0.1, 0.15) is 0 Å². The molecule has 1 amide bonds. The SMILES string of the molecule is Cc1cc2ncc(C(=O)NC(C)(C)CO)c(C)n2n1. The number of nitrogens with zero attached hydrogens (tertiary/aromatic N) is 3. The van der Waals surface area contributed by atoms with Crippen LogP contribution >= 0.6 is 0 Å². The smallest absolute Gasteiger partial charge is 0.255 e. The number of carbonyl (C=O) groups excluding carboxylic acids is 1. The van der Waals surface area contributed by atoms with Crippen LogP contribution in [0.25, 0.3) is 5.65 Å². The molecule has 2 N–H and O–H groups in total. The topological polar surface area (TPSA) is 79.5 Å². The molecule has 2 aromatic heterocycles. The van der Waals surface area contributed by atoms with Crippen molar-refractivity contribution in [2.75, 3.05) is 6.61 Å². The van der Waals surface area contributed by atoms with Crippen molar-refractivity contribution in [3.05, 3.63) is 29.2 Å². The Balaban J connectivity index is 2.40. The summed E-state index contributed by atoms with van der Waals surface area (Å²) in [7, 11) is 0. The lowest BCUT2D eigenvalue weighted by Gasteiger charge is -2.23. The van der Waals surface area contributed by atoms with Crippen LogP contribution < -0.4 is 5.32 Å². The fourth-order valence-electron chi connectivity index (χ4n) is 1.80. The van der Waals surface area contributed by atoms with Gasteiger partial charge in [-0.3, -0.25) is 4.79 Å². The highest BCUT2D eigenvalue weighted by Crippen LogP contribution is 2.12. The van der Waals surface area contributed by atoms with Gasteiger partial charge in [0.25, 0.3) is 5.91 Å². The minimum Gasteiger partial charge on any atom is -0.394 e. The molecule has 0 aromatic carbocycles. The van der Waals surface area contributed by atoms with E-state index in [1.165, 1.54) is 6.20 Å². The summed E-state index contributed by atoms with van der Waals surface area (Å²) in [6, 6.07) is 1.85. The van der Waals surface area contributed by atoms with Crippen LogP contribution in [0.1, 0.15) is 35.6 Å². The molecule has 0 radical (unpaired) electrons. The van der Waals surface area contributed by atoms with Gasteiger partial charge >= 0.3 is 0 Å². The Labute approximate surface area is 111 Å². The molecule has 0 aliphatic carbocycles. The van der Waals surface area contributed by atoms with Crippen LogP contribution in [-0.4, -0.2) is 37.8 Å². The standard InChI is InChI=1S/C13H18N4O2/c1-8-5-11-14-6-10(9(2)17(11)16-8)12(19)15-13(3,4)7-18/h5-6,18H,7H2,1-4H3,(H,15,19). The van der Waals surface area contributed by atoms with Crippen molar-refractivity contribution in [3.63, 3.8) is 0 Å². The Morgan fingerprint density at radius 2 is 2.16 bits per heavy atom. The second-order valence-electron chi connectivity index (χ2n) is 5.31. The molecule has 6 nitrogen and oxygen atoms in total. The van der Waals surface area contributed by atoms with E-state index < -0.39 is 5.54 Å². The summed E-state index contributed by atoms with van der Waals surface area (Å²) in [5, 5.41) is 16.2. The van der Waals surface area contributed by atoms with E-state index in [1.54, 1.807) is 18.4 Å². The van der Waals surface area contributed by atoms with Crippen LogP contribution in [0.5, 0.6) is 0 Å². The third-order valence-corrected chi connectivity index (χ3v) is 2.94. The van der Waals surface area contributed by atoms with Crippen molar-refractivity contribution in [1.82, 2.24) is 19.9 Å². The number of aryl methyl sites for hydroxylation is 2. The summed E-state index contributed by atoms with van der Waals surface area (Å²) in [6.07, 6.45) is 1.54. The monoisotopic (exact) mass is 262 g/mol. The maximum absolute atomic E-state index is 12.2. The predicted octanol–water partition coefficient (Wildman–Crippen LogP) is 0.847. The Hall–Kier alpha value is -1.95. The number of hydrogen-bond acceptors (Lipinski definition) is 4. The minimum absolute atomic E-state index is 0.131. The molecule has 2 heterocycles. The molecule has 0 aliphatic rings. The van der Waals surface area contributed by atoms with Gasteiger partial charge in [0.2, 0.25) is 0 Å². The molecule has 2 aromatic rings. The highest BCUT2D eigenvalue weighted by molar-refractivity contribution is 5.95. The van der Waals surface area contributed by atoms with Gasteiger partial charge in [-0.1, -0.05) is 0 Å². The first-order chi connectivity index (χ1) is 8.84. The van der Waals surface area contributed by atoms with Crippen LogP contribution in [0.2, 0.25) is 0 Å². The Morgan fingerprint density at radius 3 is 2.79 bits per heavy atom. The molecule has 19 heavy (non-hydrogen) atoms. The first-order valence-electron chi connectivity index (χ1n) is 6.09. The summed E-state index contributed by atoms with van der Waals surface area (Å²) in [4.78, 5) is 16.4. The van der Waals surface area contributed by atoms with Crippen LogP contribution in [0.15, 0.2) is 12.3 Å². The van der Waals surface area contributed by atoms with E-state index >= 15 is 0 Å². The number of aromatic nitrogens is 3. The number of carbonyl (C=O) groups is 1. The molecule has 0 saturated heterocycles. The number of fused-ring (bicyclic) bond motifs is 1. The Kier molecular flexibility index (Phi) is 3.28. The van der Waals surface area contributed by atoms with Crippen LogP contribution in [0, 0.1) is 13.8 Å². The van der Waals surface area contributed by atoms with Gasteiger partial charge in [0.05, 0.1) is 29.1 Å². The maximum atomic E-state index is 12.2. The van der Waals surface area contributed by atoms with Crippen molar-refractivity contribution >= 4 is 11.6 Å². The summed E-state index contributed by atoms with van der Waals surface area (Å²) in [5.41, 5.74) is 2.08. The van der Waals surface area contributed by atoms with Crippen LogP contribution in [0.3, 0.4) is 0 Å². The number of aliphatic hydroxyl groups is 1. The molecule has 0 fully saturated rings. The second-order valence-corrected chi connectivity index (χ2v) is 5.31. The zero-order valence-electron chi connectivity index (χ0n) is 11.6. The van der Waals surface area contributed by atoms with Gasteiger partial charge in [-0.2, -0.15) is 5.10 Å². The molecular weight excluding hydrogens is 244 g/mol. The average molecular weight is 262 g/mol. The number of hydrogen-bond donors (Lipinski definition) is 2. The average Bonchev–Trinajstić information content (AvgIpc) is 2.70. The lowest BCUT2D eigenvalue weighted by atomic mass is 10.1. The van der Waals surface area contributed by atoms with E-state index in [0.29, 0.717) is 11.2 Å².